The third-order valence-electron chi connectivity index (χ3n) is 4.83. The van der Waals surface area contributed by atoms with Crippen LogP contribution in [0.5, 0.6) is 5.75 Å². The third-order valence-corrected chi connectivity index (χ3v) is 5.14. The van der Waals surface area contributed by atoms with Gasteiger partial charge in [-0.25, -0.2) is 0 Å². The van der Waals surface area contributed by atoms with Crippen molar-refractivity contribution >= 4 is 17.5 Å². The minimum absolute atomic E-state index is 0.0824. The van der Waals surface area contributed by atoms with E-state index in [0.29, 0.717) is 16.7 Å². The molecule has 3 rings (SSSR count). The zero-order valence-electron chi connectivity index (χ0n) is 12.3. The van der Waals surface area contributed by atoms with Crippen molar-refractivity contribution in [3.8, 4) is 5.75 Å². The second kappa shape index (κ2) is 6.69. The van der Waals surface area contributed by atoms with E-state index in [2.05, 4.69) is 0 Å². The summed E-state index contributed by atoms with van der Waals surface area (Å²) >= 11 is 6.03. The molecule has 1 heterocycles. The van der Waals surface area contributed by atoms with Crippen LogP contribution in [0.2, 0.25) is 5.02 Å². The van der Waals surface area contributed by atoms with Gasteiger partial charge in [0.05, 0.1) is 5.02 Å². The van der Waals surface area contributed by atoms with Gasteiger partial charge in [-0.1, -0.05) is 43.0 Å². The van der Waals surface area contributed by atoms with Crippen LogP contribution >= 0.6 is 11.6 Å². The van der Waals surface area contributed by atoms with Gasteiger partial charge in [0.25, 0.3) is 5.91 Å². The number of ether oxygens (including phenoxy) is 1. The van der Waals surface area contributed by atoms with Crippen molar-refractivity contribution in [1.82, 2.24) is 4.90 Å². The zero-order valence-corrected chi connectivity index (χ0v) is 13.0. The van der Waals surface area contributed by atoms with Crippen molar-refractivity contribution < 1.29 is 9.53 Å². The maximum atomic E-state index is 12.3. The molecular weight excluding hydrogens is 286 g/mol. The fourth-order valence-corrected chi connectivity index (χ4v) is 3.81. The molecule has 0 N–H and O–H groups in total. The standard InChI is InChI=1S/C17H22ClNO2/c18-15-7-3-4-8-16(15)21-12-17(20)19-10-9-13-5-1-2-6-14(13)11-19/h3-4,7-8,13-14H,1-2,5-6,9-12H2/t13-,14-/m1/s1. The first-order valence-corrected chi connectivity index (χ1v) is 8.27. The molecule has 2 fully saturated rings. The smallest absolute Gasteiger partial charge is 0.260 e. The Kier molecular flexibility index (Phi) is 4.69. The van der Waals surface area contributed by atoms with Gasteiger partial charge in [0.2, 0.25) is 0 Å². The van der Waals surface area contributed by atoms with E-state index in [0.717, 1.165) is 25.4 Å². The van der Waals surface area contributed by atoms with Gasteiger partial charge >= 0.3 is 0 Å². The quantitative estimate of drug-likeness (QED) is 0.851. The number of fused-ring (bicyclic) bond motifs is 1. The van der Waals surface area contributed by atoms with Crippen LogP contribution < -0.4 is 4.74 Å². The number of hydrogen-bond acceptors (Lipinski definition) is 2. The number of piperidine rings is 1. The van der Waals surface area contributed by atoms with Gasteiger partial charge < -0.3 is 9.64 Å². The highest BCUT2D eigenvalue weighted by molar-refractivity contribution is 6.32. The molecule has 0 spiro atoms. The number of hydrogen-bond donors (Lipinski definition) is 0. The molecule has 0 aromatic heterocycles. The van der Waals surface area contributed by atoms with Gasteiger partial charge in [-0.3, -0.25) is 4.79 Å². The van der Waals surface area contributed by atoms with E-state index in [1.54, 1.807) is 12.1 Å². The first kappa shape index (κ1) is 14.7. The van der Waals surface area contributed by atoms with E-state index in [4.69, 9.17) is 16.3 Å². The van der Waals surface area contributed by atoms with E-state index in [9.17, 15) is 4.79 Å². The van der Waals surface area contributed by atoms with Crippen molar-refractivity contribution in [2.24, 2.45) is 11.8 Å². The first-order valence-electron chi connectivity index (χ1n) is 7.89. The van der Waals surface area contributed by atoms with Crippen molar-refractivity contribution in [1.29, 1.82) is 0 Å². The molecule has 3 nitrogen and oxygen atoms in total. The highest BCUT2D eigenvalue weighted by atomic mass is 35.5. The molecule has 1 aromatic carbocycles. The number of amides is 1. The maximum Gasteiger partial charge on any atom is 0.260 e. The van der Waals surface area contributed by atoms with Gasteiger partial charge in [-0.15, -0.1) is 0 Å². The van der Waals surface area contributed by atoms with Crippen LogP contribution in [0.3, 0.4) is 0 Å². The SMILES string of the molecule is O=C(COc1ccccc1Cl)N1CC[C@H]2CCCC[C@@H]2C1. The number of halogens is 1. The second-order valence-corrected chi connectivity index (χ2v) is 6.56. The summed E-state index contributed by atoms with van der Waals surface area (Å²) in [7, 11) is 0. The topological polar surface area (TPSA) is 29.5 Å². The molecule has 0 unspecified atom stereocenters. The molecule has 2 atom stereocenters. The lowest BCUT2D eigenvalue weighted by Crippen LogP contribution is -2.46. The Hall–Kier alpha value is -1.22. The first-order chi connectivity index (χ1) is 10.2. The molecule has 1 amide bonds. The molecule has 1 aromatic rings. The monoisotopic (exact) mass is 307 g/mol. The van der Waals surface area contributed by atoms with Gasteiger partial charge in [-0.2, -0.15) is 0 Å². The highest BCUT2D eigenvalue weighted by Crippen LogP contribution is 2.36. The predicted octanol–water partition coefficient (Wildman–Crippen LogP) is 3.76. The summed E-state index contributed by atoms with van der Waals surface area (Å²) in [5.41, 5.74) is 0. The Bertz CT molecular complexity index is 505. The van der Waals surface area contributed by atoms with Crippen molar-refractivity contribution in [3.63, 3.8) is 0 Å². The Balaban J connectivity index is 1.53. The molecule has 4 heteroatoms. The van der Waals surface area contributed by atoms with Gasteiger partial charge in [-0.05, 0) is 36.8 Å². The fraction of sp³-hybridized carbons (Fsp3) is 0.588. The number of carbonyl (C=O) groups is 1. The summed E-state index contributed by atoms with van der Waals surface area (Å²) in [5.74, 6) is 2.21. The lowest BCUT2D eigenvalue weighted by Gasteiger charge is -2.41. The van der Waals surface area contributed by atoms with E-state index in [-0.39, 0.29) is 12.5 Å². The molecule has 0 bridgehead atoms. The van der Waals surface area contributed by atoms with Gasteiger partial charge in [0.1, 0.15) is 5.75 Å². The average molecular weight is 308 g/mol. The number of nitrogens with zero attached hydrogens (tertiary/aromatic N) is 1. The van der Waals surface area contributed by atoms with Crippen LogP contribution in [-0.2, 0) is 4.79 Å². The zero-order chi connectivity index (χ0) is 14.7. The Labute approximate surface area is 131 Å². The molecule has 1 saturated carbocycles. The molecular formula is C17H22ClNO2. The third kappa shape index (κ3) is 3.52. The largest absolute Gasteiger partial charge is 0.482 e. The number of para-hydroxylation sites is 1. The van der Waals surface area contributed by atoms with E-state index >= 15 is 0 Å². The summed E-state index contributed by atoms with van der Waals surface area (Å²) in [6.07, 6.45) is 6.47. The maximum absolute atomic E-state index is 12.3. The van der Waals surface area contributed by atoms with E-state index < -0.39 is 0 Å². The summed E-state index contributed by atoms with van der Waals surface area (Å²) in [5, 5.41) is 0.552. The van der Waals surface area contributed by atoms with Crippen molar-refractivity contribution in [3.05, 3.63) is 29.3 Å². The van der Waals surface area contributed by atoms with Crippen LogP contribution in [0.1, 0.15) is 32.1 Å². The lowest BCUT2D eigenvalue weighted by molar-refractivity contribution is -0.136. The van der Waals surface area contributed by atoms with Crippen LogP contribution in [0.15, 0.2) is 24.3 Å². The van der Waals surface area contributed by atoms with Crippen LogP contribution in [0, 0.1) is 11.8 Å². The van der Waals surface area contributed by atoms with Gasteiger partial charge in [0, 0.05) is 13.1 Å². The van der Waals surface area contributed by atoms with E-state index in [1.165, 1.54) is 25.7 Å². The van der Waals surface area contributed by atoms with Crippen LogP contribution in [-0.4, -0.2) is 30.5 Å². The average Bonchev–Trinajstić information content (AvgIpc) is 2.53. The number of carbonyl (C=O) groups excluding carboxylic acids is 1. The normalized spacial score (nSPS) is 25.3. The summed E-state index contributed by atoms with van der Waals surface area (Å²) in [6.45, 7) is 1.88. The molecule has 114 valence electrons. The fourth-order valence-electron chi connectivity index (χ4n) is 3.62. The minimum atomic E-state index is 0.0824. The summed E-state index contributed by atoms with van der Waals surface area (Å²) in [6, 6.07) is 7.28. The lowest BCUT2D eigenvalue weighted by atomic mass is 9.75. The van der Waals surface area contributed by atoms with Crippen molar-refractivity contribution in [2.45, 2.75) is 32.1 Å². The second-order valence-electron chi connectivity index (χ2n) is 6.15. The molecule has 21 heavy (non-hydrogen) atoms. The number of benzene rings is 1. The number of likely N-dealkylation sites (tertiary alicyclic amines) is 1. The molecule has 1 aliphatic carbocycles. The van der Waals surface area contributed by atoms with Crippen LogP contribution in [0.25, 0.3) is 0 Å². The van der Waals surface area contributed by atoms with E-state index in [1.807, 2.05) is 17.0 Å². The Morgan fingerprint density at radius 1 is 1.19 bits per heavy atom. The molecule has 0 radical (unpaired) electrons. The molecule has 1 aliphatic heterocycles. The van der Waals surface area contributed by atoms with Crippen molar-refractivity contribution in [2.75, 3.05) is 19.7 Å². The Morgan fingerprint density at radius 2 is 1.95 bits per heavy atom. The Morgan fingerprint density at radius 3 is 2.76 bits per heavy atom. The molecule has 2 aliphatic rings. The molecule has 1 saturated heterocycles. The summed E-state index contributed by atoms with van der Waals surface area (Å²) < 4.78 is 5.56. The summed E-state index contributed by atoms with van der Waals surface area (Å²) in [4.78, 5) is 14.3. The van der Waals surface area contributed by atoms with Gasteiger partial charge in [0.15, 0.2) is 6.61 Å². The predicted molar refractivity (Wildman–Crippen MR) is 83.6 cm³/mol. The minimum Gasteiger partial charge on any atom is -0.482 e. The highest BCUT2D eigenvalue weighted by Gasteiger charge is 2.32. The van der Waals surface area contributed by atoms with Crippen LogP contribution in [0.4, 0.5) is 0 Å². The number of rotatable bonds is 3.